The predicted octanol–water partition coefficient (Wildman–Crippen LogP) is 3.81. The van der Waals surface area contributed by atoms with Crippen LogP contribution < -0.4 is 26.3 Å². The van der Waals surface area contributed by atoms with E-state index in [0.717, 1.165) is 43.6 Å². The van der Waals surface area contributed by atoms with Gasteiger partial charge in [-0.15, -0.1) is 0 Å². The minimum Gasteiger partial charge on any atom is -0.493 e. The summed E-state index contributed by atoms with van der Waals surface area (Å²) in [6, 6.07) is 9.41. The number of amides is 3. The average Bonchev–Trinajstić information content (AvgIpc) is 3.35. The monoisotopic (exact) mass is 569 g/mol. The van der Waals surface area contributed by atoms with Crippen LogP contribution in [0.25, 0.3) is 0 Å². The Balaban J connectivity index is 1.83. The first-order valence-corrected chi connectivity index (χ1v) is 13.6. The maximum absolute atomic E-state index is 14.1. The van der Waals surface area contributed by atoms with Gasteiger partial charge >= 0.3 is 0 Å². The van der Waals surface area contributed by atoms with Gasteiger partial charge in [0.15, 0.2) is 17.2 Å². The number of nitrogens with zero attached hydrogens (tertiary/aromatic N) is 2. The molecule has 4 rings (SSSR count). The molecule has 3 aromatic rings. The topological polar surface area (TPSA) is 150 Å². The zero-order chi connectivity index (χ0) is 28.8. The molecule has 1 heterocycles. The van der Waals surface area contributed by atoms with Crippen molar-refractivity contribution in [3.8, 4) is 11.5 Å². The van der Waals surface area contributed by atoms with Crippen molar-refractivity contribution in [3.05, 3.63) is 70.0 Å². The number of nitrogens with two attached hydrogens (primary N) is 2. The van der Waals surface area contributed by atoms with E-state index in [2.05, 4.69) is 9.69 Å². The van der Waals surface area contributed by atoms with Crippen molar-refractivity contribution >= 4 is 34.9 Å². The lowest BCUT2D eigenvalue weighted by atomic mass is 9.94. The maximum atomic E-state index is 14.1. The van der Waals surface area contributed by atoms with Crippen LogP contribution in [-0.2, 0) is 11.3 Å². The van der Waals surface area contributed by atoms with Gasteiger partial charge in [-0.3, -0.25) is 14.4 Å². The minimum absolute atomic E-state index is 0.0353. The van der Waals surface area contributed by atoms with Crippen molar-refractivity contribution in [2.24, 2.45) is 5.73 Å². The van der Waals surface area contributed by atoms with Crippen molar-refractivity contribution in [3.63, 3.8) is 0 Å². The number of nitrogens with one attached hydrogen (secondary N) is 1. The Morgan fingerprint density at radius 2 is 1.75 bits per heavy atom. The Bertz CT molecular complexity index is 1370. The van der Waals surface area contributed by atoms with E-state index in [9.17, 15) is 18.8 Å². The van der Waals surface area contributed by atoms with Crippen molar-refractivity contribution in [1.29, 1.82) is 0 Å². The molecule has 1 saturated carbocycles. The summed E-state index contributed by atoms with van der Waals surface area (Å²) >= 11 is 0.724. The highest BCUT2D eigenvalue weighted by molar-refractivity contribution is 7.09. The second-order valence-electron chi connectivity index (χ2n) is 9.56. The summed E-state index contributed by atoms with van der Waals surface area (Å²) in [5, 5.41) is 3.12. The molecule has 1 aliphatic rings. The highest BCUT2D eigenvalue weighted by Crippen LogP contribution is 2.35. The second kappa shape index (κ2) is 12.8. The first-order valence-electron chi connectivity index (χ1n) is 12.9. The van der Waals surface area contributed by atoms with Crippen molar-refractivity contribution in [2.45, 2.75) is 50.7 Å². The number of hydrogen-bond donors (Lipinski definition) is 3. The normalized spacial score (nSPS) is 14.3. The molecular formula is C28H32FN5O5S. The number of ether oxygens (including phenoxy) is 2. The Labute approximate surface area is 235 Å². The molecule has 2 aromatic carbocycles. The third-order valence-corrected chi connectivity index (χ3v) is 7.77. The third kappa shape index (κ3) is 6.33. The Hall–Kier alpha value is -4.19. The molecule has 212 valence electrons. The summed E-state index contributed by atoms with van der Waals surface area (Å²) in [7, 11) is 2.97. The zero-order valence-electron chi connectivity index (χ0n) is 22.3. The van der Waals surface area contributed by atoms with Crippen LogP contribution in [0.2, 0.25) is 0 Å². The lowest BCUT2D eigenvalue weighted by molar-refractivity contribution is -0.127. The number of anilines is 1. The van der Waals surface area contributed by atoms with Gasteiger partial charge in [-0.1, -0.05) is 37.5 Å². The van der Waals surface area contributed by atoms with Crippen molar-refractivity contribution < 1.29 is 28.2 Å². The SMILES string of the molecule is COc1ccc([C@H](C(=O)NC2CCCCC2)N(Cc2ccc(F)cc2)C(=O)c2snc(C(N)=O)c2N)cc1OC. The molecule has 0 unspecified atom stereocenters. The molecule has 0 saturated heterocycles. The molecule has 1 aromatic heterocycles. The standard InChI is InChI=1S/C28H32FN5O5S/c1-38-20-13-10-17(14-21(20)39-2)24(27(36)32-19-6-4-3-5-7-19)34(15-16-8-11-18(29)12-9-16)28(37)25-22(30)23(26(31)35)33-40-25/h8-14,19,24H,3-7,15,30H2,1-2H3,(H2,31,35)(H,32,36)/t24-/m1/s1. The van der Waals surface area contributed by atoms with Crippen LogP contribution in [0, 0.1) is 5.82 Å². The second-order valence-corrected chi connectivity index (χ2v) is 10.3. The Morgan fingerprint density at radius 3 is 2.35 bits per heavy atom. The molecule has 10 nitrogen and oxygen atoms in total. The van der Waals surface area contributed by atoms with Crippen LogP contribution in [-0.4, -0.2) is 47.3 Å². The van der Waals surface area contributed by atoms with Crippen molar-refractivity contribution in [1.82, 2.24) is 14.6 Å². The molecule has 12 heteroatoms. The van der Waals surface area contributed by atoms with Gasteiger partial charge in [-0.2, -0.15) is 4.37 Å². The van der Waals surface area contributed by atoms with Gasteiger partial charge in [0.1, 0.15) is 16.7 Å². The molecule has 0 bridgehead atoms. The molecule has 1 atom stereocenters. The molecule has 3 amide bonds. The van der Waals surface area contributed by atoms with E-state index in [1.165, 1.54) is 43.4 Å². The minimum atomic E-state index is -1.14. The van der Waals surface area contributed by atoms with Gasteiger partial charge in [0.2, 0.25) is 5.91 Å². The van der Waals surface area contributed by atoms with Crippen molar-refractivity contribution in [2.75, 3.05) is 20.0 Å². The van der Waals surface area contributed by atoms with Crippen LogP contribution >= 0.6 is 11.5 Å². The summed E-state index contributed by atoms with van der Waals surface area (Å²) < 4.78 is 28.5. The number of aromatic nitrogens is 1. The summed E-state index contributed by atoms with van der Waals surface area (Å²) in [6.45, 7) is -0.0700. The van der Waals surface area contributed by atoms with E-state index in [1.807, 2.05) is 0 Å². The predicted molar refractivity (Wildman–Crippen MR) is 149 cm³/mol. The number of primary amides is 1. The van der Waals surface area contributed by atoms with Gasteiger partial charge < -0.3 is 31.2 Å². The number of carbonyl (C=O) groups is 3. The number of hydrogen-bond acceptors (Lipinski definition) is 8. The number of rotatable bonds is 10. The number of benzene rings is 2. The molecule has 0 radical (unpaired) electrons. The number of carbonyl (C=O) groups excluding carboxylic acids is 3. The number of nitrogen functional groups attached to an aromatic ring is 1. The van der Waals surface area contributed by atoms with Crippen LogP contribution in [0.4, 0.5) is 10.1 Å². The van der Waals surface area contributed by atoms with Gasteiger partial charge in [0, 0.05) is 12.6 Å². The van der Waals surface area contributed by atoms with E-state index in [0.29, 0.717) is 22.6 Å². The summed E-state index contributed by atoms with van der Waals surface area (Å²) in [6.07, 6.45) is 4.77. The Kier molecular flexibility index (Phi) is 9.20. The van der Waals surface area contributed by atoms with Gasteiger partial charge in [0.25, 0.3) is 11.8 Å². The number of methoxy groups -OCH3 is 2. The largest absolute Gasteiger partial charge is 0.493 e. The fourth-order valence-electron chi connectivity index (χ4n) is 4.85. The van der Waals surface area contributed by atoms with E-state index in [-0.39, 0.29) is 28.8 Å². The summed E-state index contributed by atoms with van der Waals surface area (Å²) in [5.41, 5.74) is 12.1. The van der Waals surface area contributed by atoms with Gasteiger partial charge in [-0.05, 0) is 59.8 Å². The molecular weight excluding hydrogens is 537 g/mol. The molecule has 1 fully saturated rings. The van der Waals surface area contributed by atoms with Crippen LogP contribution in [0.5, 0.6) is 11.5 Å². The third-order valence-electron chi connectivity index (χ3n) is 6.92. The molecule has 0 spiro atoms. The van der Waals surface area contributed by atoms with Crippen LogP contribution in [0.15, 0.2) is 42.5 Å². The fraction of sp³-hybridized carbons (Fsp3) is 0.357. The Morgan fingerprint density at radius 1 is 1.07 bits per heavy atom. The van der Waals surface area contributed by atoms with E-state index < -0.39 is 29.6 Å². The van der Waals surface area contributed by atoms with Gasteiger partial charge in [-0.25, -0.2) is 4.39 Å². The number of halogens is 1. The highest BCUT2D eigenvalue weighted by atomic mass is 32.1. The lowest BCUT2D eigenvalue weighted by Crippen LogP contribution is -2.46. The summed E-state index contributed by atoms with van der Waals surface area (Å²) in [4.78, 5) is 41.2. The molecule has 5 N–H and O–H groups in total. The highest BCUT2D eigenvalue weighted by Gasteiger charge is 2.36. The molecule has 1 aliphatic carbocycles. The van der Waals surface area contributed by atoms with Crippen LogP contribution in [0.3, 0.4) is 0 Å². The van der Waals surface area contributed by atoms with E-state index in [1.54, 1.807) is 18.2 Å². The zero-order valence-corrected chi connectivity index (χ0v) is 23.1. The van der Waals surface area contributed by atoms with Crippen LogP contribution in [0.1, 0.15) is 69.4 Å². The molecule has 40 heavy (non-hydrogen) atoms. The average molecular weight is 570 g/mol. The lowest BCUT2D eigenvalue weighted by Gasteiger charge is -2.33. The first kappa shape index (κ1) is 28.8. The molecule has 0 aliphatic heterocycles. The smallest absolute Gasteiger partial charge is 0.270 e. The van der Waals surface area contributed by atoms with E-state index in [4.69, 9.17) is 20.9 Å². The first-order chi connectivity index (χ1) is 19.2. The summed E-state index contributed by atoms with van der Waals surface area (Å²) in [5.74, 6) is -1.52. The quantitative estimate of drug-likeness (QED) is 0.336. The maximum Gasteiger partial charge on any atom is 0.270 e. The van der Waals surface area contributed by atoms with Gasteiger partial charge in [0.05, 0.1) is 19.9 Å². The van der Waals surface area contributed by atoms with E-state index >= 15 is 0 Å². The fourth-order valence-corrected chi connectivity index (χ4v) is 5.61.